The fourth-order valence-electron chi connectivity index (χ4n) is 3.80. The van der Waals surface area contributed by atoms with Crippen molar-refractivity contribution >= 4 is 12.8 Å². The smallest absolute Gasteiger partial charge is 0.280 e. The summed E-state index contributed by atoms with van der Waals surface area (Å²) in [5.41, 5.74) is 2.20. The Balaban J connectivity index is 1.48. The highest BCUT2D eigenvalue weighted by Crippen LogP contribution is 2.21. The van der Waals surface area contributed by atoms with Gasteiger partial charge in [0.2, 0.25) is 0 Å². The van der Waals surface area contributed by atoms with E-state index in [1.165, 1.54) is 5.56 Å². The second-order valence-electron chi connectivity index (χ2n) is 7.28. The van der Waals surface area contributed by atoms with Crippen LogP contribution in [0, 0.1) is 5.92 Å². The molecule has 138 valence electrons. The predicted molar refractivity (Wildman–Crippen MR) is 110 cm³/mol. The van der Waals surface area contributed by atoms with Crippen LogP contribution in [0.5, 0.6) is 0 Å². The third-order valence-electron chi connectivity index (χ3n) is 5.35. The molecule has 0 saturated carbocycles. The maximum Gasteiger partial charge on any atom is 0.280 e. The molecule has 0 aliphatic carbocycles. The third kappa shape index (κ3) is 3.90. The number of para-hydroxylation sites is 1. The second kappa shape index (κ2) is 7.70. The Morgan fingerprint density at radius 3 is 2.30 bits per heavy atom. The zero-order valence-corrected chi connectivity index (χ0v) is 15.5. The molecule has 27 heavy (non-hydrogen) atoms. The second-order valence-corrected chi connectivity index (χ2v) is 7.28. The first kappa shape index (κ1) is 17.4. The van der Waals surface area contributed by atoms with Crippen LogP contribution in [0.3, 0.4) is 0 Å². The van der Waals surface area contributed by atoms with Crippen LogP contribution in [-0.4, -0.2) is 27.8 Å². The topological polar surface area (TPSA) is 41.0 Å². The SMILES string of the molecule is C=c1[nH]n(-c2ccccc2)c(=O)/c1=C\N1CCC(Cc2ccccc2)CC1. The molecular formula is C23H25N3O. The van der Waals surface area contributed by atoms with Crippen LogP contribution in [0.15, 0.2) is 65.5 Å². The van der Waals surface area contributed by atoms with E-state index in [1.54, 1.807) is 4.68 Å². The van der Waals surface area contributed by atoms with Gasteiger partial charge in [0.05, 0.1) is 16.3 Å². The molecule has 0 unspecified atom stereocenters. The van der Waals surface area contributed by atoms with Gasteiger partial charge in [-0.05, 0) is 42.9 Å². The molecule has 0 bridgehead atoms. The minimum absolute atomic E-state index is 0.0439. The van der Waals surface area contributed by atoms with Crippen molar-refractivity contribution in [1.29, 1.82) is 0 Å². The monoisotopic (exact) mass is 359 g/mol. The fraction of sp³-hybridized carbons (Fsp3) is 0.261. The number of H-pyrrole nitrogens is 1. The summed E-state index contributed by atoms with van der Waals surface area (Å²) >= 11 is 0. The molecule has 0 atom stereocenters. The average molecular weight is 359 g/mol. The quantitative estimate of drug-likeness (QED) is 0.776. The van der Waals surface area contributed by atoms with Crippen molar-refractivity contribution in [3.63, 3.8) is 0 Å². The molecule has 0 radical (unpaired) electrons. The molecule has 4 nitrogen and oxygen atoms in total. The number of hydrogen-bond donors (Lipinski definition) is 1. The van der Waals surface area contributed by atoms with Crippen molar-refractivity contribution in [2.24, 2.45) is 5.92 Å². The minimum Gasteiger partial charge on any atom is -0.377 e. The molecule has 0 amide bonds. The highest BCUT2D eigenvalue weighted by molar-refractivity contribution is 5.32. The Morgan fingerprint density at radius 2 is 1.63 bits per heavy atom. The van der Waals surface area contributed by atoms with Crippen LogP contribution in [0.1, 0.15) is 18.4 Å². The van der Waals surface area contributed by atoms with Crippen LogP contribution in [0.25, 0.3) is 18.5 Å². The maximum atomic E-state index is 12.8. The van der Waals surface area contributed by atoms with Gasteiger partial charge in [-0.3, -0.25) is 9.89 Å². The standard InChI is InChI=1S/C23H25N3O/c1-18-22(23(27)26(24-18)21-10-6-3-7-11-21)17-25-14-12-20(13-15-25)16-19-8-4-2-5-9-19/h2-11,17,20,24H,1,12-16H2/b22-17-. The number of aromatic nitrogens is 2. The first-order valence-corrected chi connectivity index (χ1v) is 9.56. The number of aromatic amines is 1. The Bertz CT molecular complexity index is 1040. The lowest BCUT2D eigenvalue weighted by Crippen LogP contribution is -2.39. The molecule has 1 saturated heterocycles. The lowest BCUT2D eigenvalue weighted by atomic mass is 9.90. The van der Waals surface area contributed by atoms with E-state index in [-0.39, 0.29) is 5.56 Å². The van der Waals surface area contributed by atoms with Gasteiger partial charge in [-0.15, -0.1) is 0 Å². The Labute approximate surface area is 159 Å². The number of benzene rings is 2. The number of likely N-dealkylation sites (tertiary alicyclic amines) is 1. The molecule has 4 heteroatoms. The number of nitrogens with one attached hydrogen (secondary N) is 1. The van der Waals surface area contributed by atoms with Crippen molar-refractivity contribution < 1.29 is 0 Å². The molecule has 2 aromatic carbocycles. The minimum atomic E-state index is -0.0439. The molecule has 4 rings (SSSR count). The largest absolute Gasteiger partial charge is 0.377 e. The molecule has 1 aromatic heterocycles. The molecule has 1 aliphatic heterocycles. The van der Waals surface area contributed by atoms with E-state index >= 15 is 0 Å². The van der Waals surface area contributed by atoms with Gasteiger partial charge in [0.15, 0.2) is 0 Å². The fourth-order valence-corrected chi connectivity index (χ4v) is 3.80. The zero-order chi connectivity index (χ0) is 18.6. The van der Waals surface area contributed by atoms with Crippen LogP contribution in [-0.2, 0) is 6.42 Å². The van der Waals surface area contributed by atoms with Gasteiger partial charge in [-0.1, -0.05) is 55.1 Å². The summed E-state index contributed by atoms with van der Waals surface area (Å²) in [5.74, 6) is 0.712. The van der Waals surface area contributed by atoms with Gasteiger partial charge in [-0.2, -0.15) is 0 Å². The average Bonchev–Trinajstić information content (AvgIpc) is 2.99. The van der Waals surface area contributed by atoms with Crippen molar-refractivity contribution in [2.45, 2.75) is 19.3 Å². The van der Waals surface area contributed by atoms with E-state index < -0.39 is 0 Å². The number of nitrogens with zero attached hydrogens (tertiary/aromatic N) is 2. The number of piperidine rings is 1. The van der Waals surface area contributed by atoms with E-state index in [4.69, 9.17) is 0 Å². The van der Waals surface area contributed by atoms with E-state index in [9.17, 15) is 4.79 Å². The molecule has 1 N–H and O–H groups in total. The van der Waals surface area contributed by atoms with Crippen molar-refractivity contribution in [3.8, 4) is 5.69 Å². The van der Waals surface area contributed by atoms with Crippen molar-refractivity contribution in [2.75, 3.05) is 13.1 Å². The van der Waals surface area contributed by atoms with Crippen LogP contribution in [0.2, 0.25) is 0 Å². The molecule has 2 heterocycles. The van der Waals surface area contributed by atoms with E-state index in [2.05, 4.69) is 46.9 Å². The van der Waals surface area contributed by atoms with Crippen LogP contribution < -0.4 is 16.1 Å². The molecule has 1 aliphatic rings. The van der Waals surface area contributed by atoms with E-state index in [1.807, 2.05) is 36.5 Å². The summed E-state index contributed by atoms with van der Waals surface area (Å²) < 4.78 is 1.57. The van der Waals surface area contributed by atoms with Crippen molar-refractivity contribution in [1.82, 2.24) is 14.7 Å². The summed E-state index contributed by atoms with van der Waals surface area (Å²) in [4.78, 5) is 15.1. The molecule has 3 aromatic rings. The van der Waals surface area contributed by atoms with Gasteiger partial charge in [0, 0.05) is 19.3 Å². The highest BCUT2D eigenvalue weighted by atomic mass is 16.1. The summed E-state index contributed by atoms with van der Waals surface area (Å²) in [7, 11) is 0. The van der Waals surface area contributed by atoms with Crippen LogP contribution in [0.4, 0.5) is 0 Å². The predicted octanol–water partition coefficient (Wildman–Crippen LogP) is 2.27. The summed E-state index contributed by atoms with van der Waals surface area (Å²) in [5, 5.41) is 4.41. The first-order chi connectivity index (χ1) is 13.2. The summed E-state index contributed by atoms with van der Waals surface area (Å²) in [6, 6.07) is 20.3. The molecule has 0 spiro atoms. The zero-order valence-electron chi connectivity index (χ0n) is 15.5. The maximum absolute atomic E-state index is 12.8. The van der Waals surface area contributed by atoms with Gasteiger partial charge in [-0.25, -0.2) is 4.68 Å². The lowest BCUT2D eigenvalue weighted by molar-refractivity contribution is 0.260. The van der Waals surface area contributed by atoms with E-state index in [0.717, 1.165) is 38.0 Å². The summed E-state index contributed by atoms with van der Waals surface area (Å²) in [6.45, 7) is 5.99. The van der Waals surface area contributed by atoms with Crippen LogP contribution >= 0.6 is 0 Å². The van der Waals surface area contributed by atoms with Gasteiger partial charge in [0.1, 0.15) is 0 Å². The van der Waals surface area contributed by atoms with E-state index in [0.29, 0.717) is 16.5 Å². The first-order valence-electron chi connectivity index (χ1n) is 9.56. The number of rotatable bonds is 4. The molecule has 1 fully saturated rings. The Hall–Kier alpha value is -3.01. The molecular weight excluding hydrogens is 334 g/mol. The Kier molecular flexibility index (Phi) is 4.97. The van der Waals surface area contributed by atoms with Gasteiger partial charge in [0.25, 0.3) is 5.56 Å². The van der Waals surface area contributed by atoms with Gasteiger partial charge < -0.3 is 4.90 Å². The lowest BCUT2D eigenvalue weighted by Gasteiger charge is -2.31. The third-order valence-corrected chi connectivity index (χ3v) is 5.35. The highest BCUT2D eigenvalue weighted by Gasteiger charge is 2.18. The van der Waals surface area contributed by atoms with Crippen molar-refractivity contribution in [3.05, 3.63) is 87.1 Å². The normalized spacial score (nSPS) is 16.0. The summed E-state index contributed by atoms with van der Waals surface area (Å²) in [6.07, 6.45) is 5.42. The van der Waals surface area contributed by atoms with Gasteiger partial charge >= 0.3 is 0 Å². The number of hydrogen-bond acceptors (Lipinski definition) is 2. The Morgan fingerprint density at radius 1 is 1.00 bits per heavy atom.